The number of allylic oxidation sites excluding steroid dienone is 1. The number of benzene rings is 3. The highest BCUT2D eigenvalue weighted by Gasteiger charge is 2.16. The summed E-state index contributed by atoms with van der Waals surface area (Å²) >= 11 is 3.47. The van der Waals surface area contributed by atoms with Gasteiger partial charge in [-0.05, 0) is 48.0 Å². The van der Waals surface area contributed by atoms with Crippen LogP contribution in [0.2, 0.25) is 0 Å². The van der Waals surface area contributed by atoms with Gasteiger partial charge in [-0.1, -0.05) is 64.5 Å². The van der Waals surface area contributed by atoms with Crippen molar-refractivity contribution in [3.63, 3.8) is 0 Å². The maximum Gasteiger partial charge on any atom is 0.282 e. The summed E-state index contributed by atoms with van der Waals surface area (Å²) in [6, 6.07) is 24.7. The summed E-state index contributed by atoms with van der Waals surface area (Å²) < 4.78 is 8.22. The fraction of sp³-hybridized carbons (Fsp3) is 0. The van der Waals surface area contributed by atoms with Crippen LogP contribution in [-0.4, -0.2) is 15.9 Å². The number of hydrogen-bond acceptors (Lipinski definition) is 4. The first kappa shape index (κ1) is 19.2. The van der Waals surface area contributed by atoms with E-state index >= 15 is 0 Å². The quantitative estimate of drug-likeness (QED) is 0.298. The van der Waals surface area contributed by atoms with E-state index < -0.39 is 0 Å². The topological polar surface area (TPSA) is 60.4 Å². The summed E-state index contributed by atoms with van der Waals surface area (Å²) in [5.41, 5.74) is 2.09. The minimum absolute atomic E-state index is 0.258. The summed E-state index contributed by atoms with van der Waals surface area (Å²) in [6.45, 7) is 0. The molecular formula is C25H16BrN3O2. The molecule has 0 aliphatic carbocycles. The van der Waals surface area contributed by atoms with Gasteiger partial charge in [0.05, 0.1) is 10.9 Å². The van der Waals surface area contributed by atoms with Crippen LogP contribution in [0.3, 0.4) is 0 Å². The molecule has 0 aliphatic rings. The number of hydrogen-bond donors (Lipinski definition) is 0. The summed E-state index contributed by atoms with van der Waals surface area (Å²) in [7, 11) is 0. The molecule has 0 aliphatic heterocycles. The van der Waals surface area contributed by atoms with Crippen LogP contribution in [0.1, 0.15) is 5.56 Å². The van der Waals surface area contributed by atoms with Crippen LogP contribution in [0.4, 0.5) is 0 Å². The van der Waals surface area contributed by atoms with Gasteiger partial charge in [-0.3, -0.25) is 4.79 Å². The minimum Gasteiger partial charge on any atom is -0.453 e. The number of aromatic nitrogens is 2. The third-order valence-corrected chi connectivity index (χ3v) is 5.30. The molecule has 0 N–H and O–H groups in total. The molecule has 5 nitrogen and oxygen atoms in total. The molecule has 150 valence electrons. The van der Waals surface area contributed by atoms with E-state index in [1.54, 1.807) is 18.4 Å². The molecule has 2 heterocycles. The first-order chi connectivity index (χ1) is 15.2. The van der Waals surface area contributed by atoms with E-state index in [-0.39, 0.29) is 5.56 Å². The van der Waals surface area contributed by atoms with E-state index in [4.69, 9.17) is 4.42 Å². The van der Waals surface area contributed by atoms with Crippen LogP contribution in [0.25, 0.3) is 39.5 Å². The highest BCUT2D eigenvalue weighted by Crippen LogP contribution is 2.29. The second-order valence-corrected chi connectivity index (χ2v) is 7.81. The van der Waals surface area contributed by atoms with Crippen LogP contribution < -0.4 is 5.56 Å². The molecule has 0 bridgehead atoms. The van der Waals surface area contributed by atoms with Crippen molar-refractivity contribution < 1.29 is 4.42 Å². The normalized spacial score (nSPS) is 11.9. The molecule has 31 heavy (non-hydrogen) atoms. The van der Waals surface area contributed by atoms with E-state index in [0.29, 0.717) is 28.1 Å². The number of fused-ring (bicyclic) bond motifs is 2. The Morgan fingerprint density at radius 2 is 1.77 bits per heavy atom. The second kappa shape index (κ2) is 8.16. The first-order valence-electron chi connectivity index (χ1n) is 9.66. The lowest BCUT2D eigenvalue weighted by atomic mass is 10.2. The van der Waals surface area contributed by atoms with Gasteiger partial charge in [-0.25, -0.2) is 4.98 Å². The van der Waals surface area contributed by atoms with Gasteiger partial charge in [0, 0.05) is 16.1 Å². The van der Waals surface area contributed by atoms with Crippen molar-refractivity contribution in [1.29, 1.82) is 0 Å². The molecule has 0 saturated carbocycles. The van der Waals surface area contributed by atoms with Gasteiger partial charge in [0.2, 0.25) is 5.82 Å². The van der Waals surface area contributed by atoms with E-state index in [9.17, 15) is 4.79 Å². The lowest BCUT2D eigenvalue weighted by molar-refractivity contribution is 0.616. The molecule has 0 radical (unpaired) electrons. The van der Waals surface area contributed by atoms with Crippen molar-refractivity contribution in [2.24, 2.45) is 5.10 Å². The number of furan rings is 1. The maximum atomic E-state index is 13.2. The predicted octanol–water partition coefficient (Wildman–Crippen LogP) is 6.12. The molecule has 2 aromatic heterocycles. The largest absolute Gasteiger partial charge is 0.453 e. The van der Waals surface area contributed by atoms with E-state index in [1.807, 2.05) is 78.9 Å². The summed E-state index contributed by atoms with van der Waals surface area (Å²) in [4.78, 5) is 17.9. The molecule has 6 heteroatoms. The Bertz CT molecular complexity index is 1510. The molecule has 0 saturated heterocycles. The van der Waals surface area contributed by atoms with Crippen LogP contribution in [0.5, 0.6) is 0 Å². The molecule has 5 aromatic rings. The Balaban J connectivity index is 1.64. The predicted molar refractivity (Wildman–Crippen MR) is 128 cm³/mol. The minimum atomic E-state index is -0.258. The number of nitrogens with zero attached hydrogens (tertiary/aromatic N) is 3. The highest BCUT2D eigenvalue weighted by molar-refractivity contribution is 9.10. The van der Waals surface area contributed by atoms with Gasteiger partial charge in [0.15, 0.2) is 5.76 Å². The van der Waals surface area contributed by atoms with Gasteiger partial charge in [0.25, 0.3) is 5.56 Å². The highest BCUT2D eigenvalue weighted by atomic mass is 79.9. The molecule has 0 spiro atoms. The SMILES string of the molecule is O=c1c2ccccc2nc(-c2cc3cc(Br)ccc3o2)n1N=C/C=C/c1ccccc1. The summed E-state index contributed by atoms with van der Waals surface area (Å²) in [6.07, 6.45) is 5.28. The Labute approximate surface area is 186 Å². The summed E-state index contributed by atoms with van der Waals surface area (Å²) in [5.74, 6) is 0.820. The zero-order valence-electron chi connectivity index (χ0n) is 16.3. The molecule has 0 amide bonds. The summed E-state index contributed by atoms with van der Waals surface area (Å²) in [5, 5.41) is 5.80. The fourth-order valence-electron chi connectivity index (χ4n) is 3.34. The van der Waals surface area contributed by atoms with Gasteiger partial charge in [0.1, 0.15) is 5.58 Å². The molecule has 0 fully saturated rings. The van der Waals surface area contributed by atoms with Crippen molar-refractivity contribution in [2.45, 2.75) is 0 Å². The van der Waals surface area contributed by atoms with Crippen molar-refractivity contribution in [2.75, 3.05) is 0 Å². The Kier molecular flexibility index (Phi) is 5.06. The lowest BCUT2D eigenvalue weighted by Gasteiger charge is -2.06. The zero-order chi connectivity index (χ0) is 21.2. The van der Waals surface area contributed by atoms with Crippen molar-refractivity contribution >= 4 is 50.1 Å². The van der Waals surface area contributed by atoms with Gasteiger partial charge < -0.3 is 4.42 Å². The lowest BCUT2D eigenvalue weighted by Crippen LogP contribution is -2.20. The van der Waals surface area contributed by atoms with Crippen LogP contribution in [0.15, 0.2) is 104 Å². The van der Waals surface area contributed by atoms with Crippen LogP contribution >= 0.6 is 15.9 Å². The Morgan fingerprint density at radius 3 is 2.65 bits per heavy atom. The molecule has 3 aromatic carbocycles. The Morgan fingerprint density at radius 1 is 0.968 bits per heavy atom. The molecule has 5 rings (SSSR count). The van der Waals surface area contributed by atoms with Crippen molar-refractivity contribution in [3.8, 4) is 11.6 Å². The number of halogens is 1. The average molecular weight is 470 g/mol. The number of rotatable bonds is 4. The van der Waals surface area contributed by atoms with E-state index in [1.165, 1.54) is 4.68 Å². The Hall–Kier alpha value is -3.77. The average Bonchev–Trinajstić information content (AvgIpc) is 3.21. The third-order valence-electron chi connectivity index (χ3n) is 4.81. The van der Waals surface area contributed by atoms with E-state index in [0.717, 1.165) is 15.4 Å². The van der Waals surface area contributed by atoms with E-state index in [2.05, 4.69) is 26.0 Å². The number of para-hydroxylation sites is 1. The van der Waals surface area contributed by atoms with Gasteiger partial charge >= 0.3 is 0 Å². The van der Waals surface area contributed by atoms with Gasteiger partial charge in [-0.2, -0.15) is 9.78 Å². The smallest absolute Gasteiger partial charge is 0.282 e. The second-order valence-electron chi connectivity index (χ2n) is 6.90. The molecule has 0 unspecified atom stereocenters. The van der Waals surface area contributed by atoms with Gasteiger partial charge in [-0.15, -0.1) is 0 Å². The fourth-order valence-corrected chi connectivity index (χ4v) is 3.72. The van der Waals surface area contributed by atoms with Crippen molar-refractivity contribution in [1.82, 2.24) is 9.66 Å². The zero-order valence-corrected chi connectivity index (χ0v) is 17.9. The van der Waals surface area contributed by atoms with Crippen LogP contribution in [-0.2, 0) is 0 Å². The third kappa shape index (κ3) is 3.85. The van der Waals surface area contributed by atoms with Crippen LogP contribution in [0, 0.1) is 0 Å². The maximum absolute atomic E-state index is 13.2. The monoisotopic (exact) mass is 469 g/mol. The standard InChI is InChI=1S/C25H16BrN3O2/c26-19-12-13-22-18(15-19)16-23(31-22)24-28-21-11-5-4-10-20(21)25(30)29(24)27-14-6-9-17-7-2-1-3-8-17/h1-16H/b9-6+,27-14?. The van der Waals surface area contributed by atoms with Crippen molar-refractivity contribution in [3.05, 3.63) is 105 Å². The first-order valence-corrected chi connectivity index (χ1v) is 10.5. The molecule has 0 atom stereocenters. The molecular weight excluding hydrogens is 454 g/mol.